The molecule has 0 radical (unpaired) electrons. The first-order valence-corrected chi connectivity index (χ1v) is 6.67. The van der Waals surface area contributed by atoms with Crippen molar-refractivity contribution in [2.75, 3.05) is 17.7 Å². The number of aromatic nitrogens is 2. The maximum atomic E-state index is 4.41. The van der Waals surface area contributed by atoms with Crippen molar-refractivity contribution in [2.24, 2.45) is 0 Å². The molecule has 0 fully saturated rings. The van der Waals surface area contributed by atoms with Gasteiger partial charge in [-0.1, -0.05) is 6.07 Å². The van der Waals surface area contributed by atoms with Gasteiger partial charge in [0, 0.05) is 18.8 Å². The second-order valence-electron chi connectivity index (χ2n) is 4.90. The fraction of sp³-hybridized carbons (Fsp3) is 0.333. The van der Waals surface area contributed by atoms with Gasteiger partial charge in [-0.2, -0.15) is 0 Å². The van der Waals surface area contributed by atoms with E-state index in [0.717, 1.165) is 23.1 Å². The van der Waals surface area contributed by atoms with Crippen molar-refractivity contribution in [2.45, 2.75) is 26.2 Å². The van der Waals surface area contributed by atoms with Gasteiger partial charge in [-0.25, -0.2) is 9.97 Å². The summed E-state index contributed by atoms with van der Waals surface area (Å²) in [6.07, 6.45) is 3.68. The summed E-state index contributed by atoms with van der Waals surface area (Å²) in [5, 5.41) is 6.40. The van der Waals surface area contributed by atoms with Gasteiger partial charge >= 0.3 is 0 Å². The molecule has 19 heavy (non-hydrogen) atoms. The lowest BCUT2D eigenvalue weighted by Gasteiger charge is -2.09. The summed E-state index contributed by atoms with van der Waals surface area (Å²) in [5.74, 6) is 2.42. The maximum absolute atomic E-state index is 4.41. The molecule has 3 rings (SSSR count). The average molecular weight is 254 g/mol. The molecule has 1 aromatic carbocycles. The van der Waals surface area contributed by atoms with Crippen molar-refractivity contribution in [1.82, 2.24) is 9.97 Å². The Bertz CT molecular complexity index is 607. The van der Waals surface area contributed by atoms with Crippen LogP contribution in [0.1, 0.15) is 23.4 Å². The first-order valence-electron chi connectivity index (χ1n) is 6.67. The average Bonchev–Trinajstić information content (AvgIpc) is 2.85. The van der Waals surface area contributed by atoms with Crippen LogP contribution in [0.4, 0.5) is 17.3 Å². The molecule has 1 aliphatic rings. The second kappa shape index (κ2) is 4.88. The Morgan fingerprint density at radius 3 is 2.63 bits per heavy atom. The van der Waals surface area contributed by atoms with E-state index in [4.69, 9.17) is 0 Å². The van der Waals surface area contributed by atoms with Crippen LogP contribution in [0.2, 0.25) is 0 Å². The lowest BCUT2D eigenvalue weighted by atomic mass is 10.1. The number of hydrogen-bond donors (Lipinski definition) is 2. The molecule has 4 nitrogen and oxygen atoms in total. The summed E-state index contributed by atoms with van der Waals surface area (Å²) in [7, 11) is 1.86. The highest BCUT2D eigenvalue weighted by Gasteiger charge is 2.11. The van der Waals surface area contributed by atoms with Crippen LogP contribution in [0.5, 0.6) is 0 Å². The van der Waals surface area contributed by atoms with Crippen LogP contribution >= 0.6 is 0 Å². The third kappa shape index (κ3) is 2.52. The number of nitrogens with zero attached hydrogens (tertiary/aromatic N) is 2. The van der Waals surface area contributed by atoms with Gasteiger partial charge in [0.2, 0.25) is 0 Å². The van der Waals surface area contributed by atoms with Gasteiger partial charge in [0.25, 0.3) is 0 Å². The Kier molecular flexibility index (Phi) is 3.07. The zero-order chi connectivity index (χ0) is 13.2. The Morgan fingerprint density at radius 2 is 1.79 bits per heavy atom. The quantitative estimate of drug-likeness (QED) is 0.884. The monoisotopic (exact) mass is 254 g/mol. The molecule has 0 bridgehead atoms. The van der Waals surface area contributed by atoms with Crippen molar-refractivity contribution in [3.63, 3.8) is 0 Å². The van der Waals surface area contributed by atoms with Crippen LogP contribution in [0.3, 0.4) is 0 Å². The van der Waals surface area contributed by atoms with Crippen molar-refractivity contribution >= 4 is 17.3 Å². The van der Waals surface area contributed by atoms with Gasteiger partial charge in [-0.15, -0.1) is 0 Å². The number of hydrogen-bond acceptors (Lipinski definition) is 4. The van der Waals surface area contributed by atoms with Crippen LogP contribution in [0, 0.1) is 6.92 Å². The van der Waals surface area contributed by atoms with E-state index in [1.54, 1.807) is 0 Å². The highest BCUT2D eigenvalue weighted by atomic mass is 15.1. The number of benzene rings is 1. The molecule has 0 saturated heterocycles. The normalized spacial score (nSPS) is 13.2. The fourth-order valence-corrected chi connectivity index (χ4v) is 2.56. The largest absolute Gasteiger partial charge is 0.373 e. The van der Waals surface area contributed by atoms with E-state index < -0.39 is 0 Å². The third-order valence-corrected chi connectivity index (χ3v) is 3.46. The van der Waals surface area contributed by atoms with E-state index >= 15 is 0 Å². The Hall–Kier alpha value is -2.10. The molecule has 2 aromatic rings. The van der Waals surface area contributed by atoms with Gasteiger partial charge in [0.15, 0.2) is 0 Å². The standard InChI is InChI=1S/C15H18N4/c1-10-17-14(16-2)9-15(18-10)19-13-7-6-11-4-3-5-12(11)8-13/h6-9H,3-5H2,1-2H3,(H2,16,17,18,19). The molecule has 0 aliphatic heterocycles. The van der Waals surface area contributed by atoms with Crippen LogP contribution < -0.4 is 10.6 Å². The minimum absolute atomic E-state index is 0.760. The maximum Gasteiger partial charge on any atom is 0.136 e. The minimum atomic E-state index is 0.760. The minimum Gasteiger partial charge on any atom is -0.373 e. The molecular weight excluding hydrogens is 236 g/mol. The third-order valence-electron chi connectivity index (χ3n) is 3.46. The Labute approximate surface area is 113 Å². The highest BCUT2D eigenvalue weighted by molar-refractivity contribution is 5.61. The summed E-state index contributed by atoms with van der Waals surface area (Å²) in [5.41, 5.74) is 4.05. The van der Waals surface area contributed by atoms with E-state index in [9.17, 15) is 0 Å². The van der Waals surface area contributed by atoms with Crippen molar-refractivity contribution < 1.29 is 0 Å². The van der Waals surface area contributed by atoms with E-state index in [0.29, 0.717) is 0 Å². The molecule has 0 amide bonds. The molecule has 2 N–H and O–H groups in total. The molecule has 0 atom stereocenters. The number of aryl methyl sites for hydroxylation is 3. The lowest BCUT2D eigenvalue weighted by molar-refractivity contribution is 0.912. The highest BCUT2D eigenvalue weighted by Crippen LogP contribution is 2.26. The molecule has 1 aliphatic carbocycles. The fourth-order valence-electron chi connectivity index (χ4n) is 2.56. The summed E-state index contributed by atoms with van der Waals surface area (Å²) in [6.45, 7) is 1.90. The van der Waals surface area contributed by atoms with E-state index in [2.05, 4.69) is 38.8 Å². The van der Waals surface area contributed by atoms with Crippen LogP contribution in [-0.2, 0) is 12.8 Å². The molecule has 0 spiro atoms. The summed E-state index contributed by atoms with van der Waals surface area (Å²) in [6, 6.07) is 8.50. The van der Waals surface area contributed by atoms with Gasteiger partial charge in [0.1, 0.15) is 17.5 Å². The molecule has 4 heteroatoms. The van der Waals surface area contributed by atoms with Crippen LogP contribution in [0.25, 0.3) is 0 Å². The lowest BCUT2D eigenvalue weighted by Crippen LogP contribution is -2.01. The predicted molar refractivity (Wildman–Crippen MR) is 78.1 cm³/mol. The summed E-state index contributed by atoms with van der Waals surface area (Å²) >= 11 is 0. The zero-order valence-electron chi connectivity index (χ0n) is 11.3. The SMILES string of the molecule is CNc1cc(Nc2ccc3c(c2)CCC3)nc(C)n1. The molecule has 1 aromatic heterocycles. The summed E-state index contributed by atoms with van der Waals surface area (Å²) < 4.78 is 0. The first kappa shape index (κ1) is 12.0. The molecule has 0 unspecified atom stereocenters. The van der Waals surface area contributed by atoms with Crippen LogP contribution in [0.15, 0.2) is 24.3 Å². The number of nitrogens with one attached hydrogen (secondary N) is 2. The van der Waals surface area contributed by atoms with Gasteiger partial charge in [0.05, 0.1) is 0 Å². The van der Waals surface area contributed by atoms with E-state index in [1.807, 2.05) is 20.0 Å². The molecule has 1 heterocycles. The Morgan fingerprint density at radius 1 is 1.00 bits per heavy atom. The van der Waals surface area contributed by atoms with E-state index in [1.165, 1.54) is 30.4 Å². The predicted octanol–water partition coefficient (Wildman–Crippen LogP) is 3.06. The van der Waals surface area contributed by atoms with Crippen molar-refractivity contribution in [3.05, 3.63) is 41.2 Å². The molecular formula is C15H18N4. The number of fused-ring (bicyclic) bond motifs is 1. The molecule has 98 valence electrons. The second-order valence-corrected chi connectivity index (χ2v) is 4.90. The zero-order valence-corrected chi connectivity index (χ0v) is 11.3. The topological polar surface area (TPSA) is 49.8 Å². The smallest absolute Gasteiger partial charge is 0.136 e. The van der Waals surface area contributed by atoms with Crippen LogP contribution in [-0.4, -0.2) is 17.0 Å². The van der Waals surface area contributed by atoms with Gasteiger partial charge in [-0.3, -0.25) is 0 Å². The van der Waals surface area contributed by atoms with Gasteiger partial charge in [-0.05, 0) is 49.4 Å². The van der Waals surface area contributed by atoms with E-state index in [-0.39, 0.29) is 0 Å². The van der Waals surface area contributed by atoms with Gasteiger partial charge < -0.3 is 10.6 Å². The summed E-state index contributed by atoms with van der Waals surface area (Å²) in [4.78, 5) is 8.70. The molecule has 0 saturated carbocycles. The van der Waals surface area contributed by atoms with Crippen molar-refractivity contribution in [1.29, 1.82) is 0 Å². The number of anilines is 3. The first-order chi connectivity index (χ1) is 9.24. The van der Waals surface area contributed by atoms with Crippen molar-refractivity contribution in [3.8, 4) is 0 Å². The number of rotatable bonds is 3. The Balaban J connectivity index is 1.86.